The van der Waals surface area contributed by atoms with Crippen LogP contribution in [-0.2, 0) is 4.74 Å². The van der Waals surface area contributed by atoms with Gasteiger partial charge in [-0.05, 0) is 44.7 Å². The fourth-order valence-corrected chi connectivity index (χ4v) is 3.07. The average Bonchev–Trinajstić information content (AvgIpc) is 2.81. The van der Waals surface area contributed by atoms with Crippen molar-refractivity contribution in [1.29, 1.82) is 0 Å². The molecule has 2 fully saturated rings. The predicted octanol–water partition coefficient (Wildman–Crippen LogP) is 1.72. The molecule has 1 saturated carbocycles. The first-order chi connectivity index (χ1) is 6.92. The molecule has 1 N–H and O–H groups in total. The van der Waals surface area contributed by atoms with Crippen LogP contribution in [-0.4, -0.2) is 25.3 Å². The van der Waals surface area contributed by atoms with Gasteiger partial charge in [0.1, 0.15) is 0 Å². The first kappa shape index (κ1) is 8.93. The number of piperidine rings is 1. The molecule has 3 unspecified atom stereocenters. The van der Waals surface area contributed by atoms with Crippen molar-refractivity contribution < 1.29 is 4.74 Å². The number of nitrogens with one attached hydrogen (secondary N) is 1. The minimum absolute atomic E-state index is 0.536. The van der Waals surface area contributed by atoms with E-state index in [4.69, 9.17) is 4.74 Å². The fourth-order valence-electron chi connectivity index (χ4n) is 3.07. The normalized spacial score (nSPS) is 42.1. The summed E-state index contributed by atoms with van der Waals surface area (Å²) in [7, 11) is 0. The molecule has 1 heterocycles. The Kier molecular flexibility index (Phi) is 2.34. The molecule has 0 spiro atoms. The Morgan fingerprint density at radius 2 is 1.93 bits per heavy atom. The molecular formula is C12H19NO. The van der Waals surface area contributed by atoms with Crippen molar-refractivity contribution in [2.24, 2.45) is 11.8 Å². The van der Waals surface area contributed by atoms with Crippen molar-refractivity contribution in [3.63, 3.8) is 0 Å². The largest absolute Gasteiger partial charge is 0.374 e. The van der Waals surface area contributed by atoms with E-state index in [0.717, 1.165) is 24.9 Å². The molecule has 0 radical (unpaired) electrons. The second kappa shape index (κ2) is 3.67. The van der Waals surface area contributed by atoms with Crippen LogP contribution in [0.3, 0.4) is 0 Å². The molecule has 3 aliphatic rings. The topological polar surface area (TPSA) is 21.3 Å². The highest BCUT2D eigenvalue weighted by molar-refractivity contribution is 5.11. The molecule has 0 aromatic heterocycles. The van der Waals surface area contributed by atoms with Crippen molar-refractivity contribution in [3.05, 3.63) is 12.2 Å². The van der Waals surface area contributed by atoms with E-state index in [1.54, 1.807) is 0 Å². The lowest BCUT2D eigenvalue weighted by Crippen LogP contribution is -2.35. The second-order valence-corrected chi connectivity index (χ2v) is 4.90. The zero-order chi connectivity index (χ0) is 9.38. The summed E-state index contributed by atoms with van der Waals surface area (Å²) in [5.74, 6) is 1.58. The van der Waals surface area contributed by atoms with Crippen LogP contribution in [0.2, 0.25) is 0 Å². The van der Waals surface area contributed by atoms with Gasteiger partial charge in [-0.3, -0.25) is 0 Å². The maximum absolute atomic E-state index is 6.19. The van der Waals surface area contributed by atoms with E-state index in [-0.39, 0.29) is 0 Å². The fraction of sp³-hybridized carbons (Fsp3) is 0.833. The highest BCUT2D eigenvalue weighted by atomic mass is 16.5. The van der Waals surface area contributed by atoms with Gasteiger partial charge in [-0.15, -0.1) is 0 Å². The second-order valence-electron chi connectivity index (χ2n) is 4.90. The summed E-state index contributed by atoms with van der Waals surface area (Å²) in [6, 6.07) is 0. The van der Waals surface area contributed by atoms with E-state index in [2.05, 4.69) is 17.5 Å². The van der Waals surface area contributed by atoms with Gasteiger partial charge in [0.05, 0.1) is 12.2 Å². The molecule has 3 atom stereocenters. The molecule has 2 nitrogen and oxygen atoms in total. The maximum atomic E-state index is 6.19. The average molecular weight is 193 g/mol. The Morgan fingerprint density at radius 1 is 1.07 bits per heavy atom. The highest BCUT2D eigenvalue weighted by Crippen LogP contribution is 2.41. The smallest absolute Gasteiger partial charge is 0.0647 e. The summed E-state index contributed by atoms with van der Waals surface area (Å²) >= 11 is 0. The molecule has 2 aliphatic carbocycles. The molecule has 78 valence electrons. The zero-order valence-electron chi connectivity index (χ0n) is 8.61. The van der Waals surface area contributed by atoms with Crippen LogP contribution in [0.15, 0.2) is 12.2 Å². The molecular weight excluding hydrogens is 174 g/mol. The van der Waals surface area contributed by atoms with Crippen LogP contribution in [0.25, 0.3) is 0 Å². The molecule has 0 aromatic rings. The maximum Gasteiger partial charge on any atom is 0.0647 e. The molecule has 2 bridgehead atoms. The van der Waals surface area contributed by atoms with E-state index in [1.165, 1.54) is 25.7 Å². The summed E-state index contributed by atoms with van der Waals surface area (Å²) in [6.45, 7) is 2.28. The Bertz CT molecular complexity index is 232. The molecule has 3 rings (SSSR count). The van der Waals surface area contributed by atoms with Gasteiger partial charge < -0.3 is 10.1 Å². The zero-order valence-corrected chi connectivity index (χ0v) is 8.61. The minimum Gasteiger partial charge on any atom is -0.374 e. The molecule has 1 aliphatic heterocycles. The van der Waals surface area contributed by atoms with Crippen LogP contribution >= 0.6 is 0 Å². The number of allylic oxidation sites excluding steroid dienone is 1. The van der Waals surface area contributed by atoms with Crippen LogP contribution in [0.4, 0.5) is 0 Å². The van der Waals surface area contributed by atoms with Gasteiger partial charge in [-0.2, -0.15) is 0 Å². The quantitative estimate of drug-likeness (QED) is 0.674. The van der Waals surface area contributed by atoms with E-state index < -0.39 is 0 Å². The predicted molar refractivity (Wildman–Crippen MR) is 56.1 cm³/mol. The van der Waals surface area contributed by atoms with E-state index in [9.17, 15) is 0 Å². The molecule has 1 saturated heterocycles. The van der Waals surface area contributed by atoms with Crippen molar-refractivity contribution in [3.8, 4) is 0 Å². The highest BCUT2D eigenvalue weighted by Gasteiger charge is 2.37. The third-order valence-corrected chi connectivity index (χ3v) is 3.87. The molecule has 0 amide bonds. The van der Waals surface area contributed by atoms with Gasteiger partial charge in [-0.1, -0.05) is 12.2 Å². The van der Waals surface area contributed by atoms with Gasteiger partial charge in [-0.25, -0.2) is 0 Å². The molecule has 14 heavy (non-hydrogen) atoms. The van der Waals surface area contributed by atoms with Crippen molar-refractivity contribution >= 4 is 0 Å². The number of ether oxygens (including phenoxy) is 1. The van der Waals surface area contributed by atoms with E-state index in [1.807, 2.05) is 0 Å². The lowest BCUT2D eigenvalue weighted by Gasteiger charge is -2.29. The summed E-state index contributed by atoms with van der Waals surface area (Å²) < 4.78 is 6.19. The van der Waals surface area contributed by atoms with Gasteiger partial charge >= 0.3 is 0 Å². The Balaban J connectivity index is 1.54. The van der Waals surface area contributed by atoms with Gasteiger partial charge in [0.2, 0.25) is 0 Å². The van der Waals surface area contributed by atoms with Crippen molar-refractivity contribution in [2.75, 3.05) is 13.1 Å². The van der Waals surface area contributed by atoms with Gasteiger partial charge in [0.15, 0.2) is 0 Å². The van der Waals surface area contributed by atoms with Crippen LogP contribution < -0.4 is 5.32 Å². The lowest BCUT2D eigenvalue weighted by molar-refractivity contribution is -0.0376. The Labute approximate surface area is 85.7 Å². The summed E-state index contributed by atoms with van der Waals surface area (Å²) in [5.41, 5.74) is 0. The molecule has 2 heteroatoms. The number of hydrogen-bond acceptors (Lipinski definition) is 2. The van der Waals surface area contributed by atoms with E-state index >= 15 is 0 Å². The summed E-state index contributed by atoms with van der Waals surface area (Å²) in [6.07, 6.45) is 10.9. The minimum atomic E-state index is 0.536. The van der Waals surface area contributed by atoms with Crippen LogP contribution in [0, 0.1) is 11.8 Å². The van der Waals surface area contributed by atoms with E-state index in [0.29, 0.717) is 12.2 Å². The number of fused-ring (bicyclic) bond motifs is 2. The third kappa shape index (κ3) is 1.61. The van der Waals surface area contributed by atoms with Gasteiger partial charge in [0, 0.05) is 5.92 Å². The summed E-state index contributed by atoms with van der Waals surface area (Å²) in [5, 5.41) is 3.38. The van der Waals surface area contributed by atoms with Crippen LogP contribution in [0.5, 0.6) is 0 Å². The third-order valence-electron chi connectivity index (χ3n) is 3.87. The standard InChI is InChI=1S/C12H19NO/c1-2-10-7-9(1)8-12(10)14-11-3-5-13-6-4-11/h1-2,9-13H,3-8H2. The SMILES string of the molecule is C1=CC2CC1CC2OC1CCNCC1. The first-order valence-electron chi connectivity index (χ1n) is 5.96. The first-order valence-corrected chi connectivity index (χ1v) is 5.96. The van der Waals surface area contributed by atoms with Gasteiger partial charge in [0.25, 0.3) is 0 Å². The van der Waals surface area contributed by atoms with Crippen molar-refractivity contribution in [1.82, 2.24) is 5.32 Å². The van der Waals surface area contributed by atoms with Crippen molar-refractivity contribution in [2.45, 2.75) is 37.9 Å². The number of rotatable bonds is 2. The van der Waals surface area contributed by atoms with Crippen LogP contribution in [0.1, 0.15) is 25.7 Å². The Morgan fingerprint density at radius 3 is 2.57 bits per heavy atom. The summed E-state index contributed by atoms with van der Waals surface area (Å²) in [4.78, 5) is 0. The lowest BCUT2D eigenvalue weighted by atomic mass is 10.0. The monoisotopic (exact) mass is 193 g/mol. The Hall–Kier alpha value is -0.340. The molecule has 0 aromatic carbocycles. The number of hydrogen-bond donors (Lipinski definition) is 1.